The van der Waals surface area contributed by atoms with E-state index in [4.69, 9.17) is 24.8 Å². The summed E-state index contributed by atoms with van der Waals surface area (Å²) in [5, 5.41) is 1.71. The normalized spacial score (nSPS) is 20.0. The maximum Gasteiger partial charge on any atom is 0.350 e. The molecule has 3 atom stereocenters. The van der Waals surface area contributed by atoms with E-state index in [1.54, 1.807) is 7.11 Å². The Morgan fingerprint density at radius 2 is 1.89 bits per heavy atom. The number of amides is 2. The summed E-state index contributed by atoms with van der Waals surface area (Å²) in [5.74, 6) is -0.430. The van der Waals surface area contributed by atoms with E-state index in [0.717, 1.165) is 10.9 Å². The number of hydrogen-bond donors (Lipinski definition) is 4. The van der Waals surface area contributed by atoms with Crippen LogP contribution in [-0.4, -0.2) is 76.8 Å². The number of nitrogens with zero attached hydrogens (tertiary/aromatic N) is 2. The van der Waals surface area contributed by atoms with Crippen molar-refractivity contribution < 1.29 is 38.1 Å². The van der Waals surface area contributed by atoms with Gasteiger partial charge in [0.05, 0.1) is 31.6 Å². The number of hydrogen-bond acceptors (Lipinski definition) is 8. The SMILES string of the molecule is COc1ccc2c(O[C@@H]3C[C@@H](C(=O)NC4(P(=O)(O)O)CC4)N(C(=O)[C@@H](BOCN)C(C)(C)C)C3)cc(-c3ccccc3)nc2c1. The van der Waals surface area contributed by atoms with Crippen LogP contribution in [0.5, 0.6) is 11.5 Å². The zero-order valence-corrected chi connectivity index (χ0v) is 26.8. The number of carbonyl (C=O) groups excluding carboxylic acids is 2. The zero-order chi connectivity index (χ0) is 32.6. The van der Waals surface area contributed by atoms with Crippen LogP contribution in [0.15, 0.2) is 54.6 Å². The number of methoxy groups -OCH3 is 1. The molecule has 1 saturated carbocycles. The number of pyridine rings is 1. The van der Waals surface area contributed by atoms with Crippen molar-refractivity contribution in [2.75, 3.05) is 20.4 Å². The highest BCUT2D eigenvalue weighted by Gasteiger charge is 2.59. The van der Waals surface area contributed by atoms with Crippen molar-refractivity contribution in [3.05, 3.63) is 54.6 Å². The molecule has 0 radical (unpaired) electrons. The number of nitrogens with one attached hydrogen (secondary N) is 1. The Morgan fingerprint density at radius 1 is 1.18 bits per heavy atom. The molecule has 3 aromatic rings. The van der Waals surface area contributed by atoms with Crippen molar-refractivity contribution in [1.82, 2.24) is 15.2 Å². The molecule has 240 valence electrons. The maximum atomic E-state index is 14.1. The minimum atomic E-state index is -4.61. The van der Waals surface area contributed by atoms with Gasteiger partial charge in [0.1, 0.15) is 28.9 Å². The fourth-order valence-corrected chi connectivity index (χ4v) is 6.66. The van der Waals surface area contributed by atoms with E-state index in [1.165, 1.54) is 4.90 Å². The van der Waals surface area contributed by atoms with Crippen LogP contribution in [0.25, 0.3) is 22.2 Å². The molecule has 45 heavy (non-hydrogen) atoms. The molecule has 0 bridgehead atoms. The number of ether oxygens (including phenoxy) is 2. The van der Waals surface area contributed by atoms with Crippen LogP contribution in [0.2, 0.25) is 5.82 Å². The van der Waals surface area contributed by atoms with Gasteiger partial charge in [-0.3, -0.25) is 14.2 Å². The first kappa shape index (κ1) is 32.9. The van der Waals surface area contributed by atoms with Gasteiger partial charge in [0.15, 0.2) is 0 Å². The van der Waals surface area contributed by atoms with Crippen LogP contribution in [0.4, 0.5) is 0 Å². The lowest BCUT2D eigenvalue weighted by Gasteiger charge is -2.34. The molecule has 5 rings (SSSR count). The first-order valence-electron chi connectivity index (χ1n) is 14.9. The van der Waals surface area contributed by atoms with E-state index in [-0.39, 0.29) is 45.9 Å². The number of carbonyl (C=O) groups is 2. The third-order valence-corrected chi connectivity index (χ3v) is 10.2. The lowest BCUT2D eigenvalue weighted by Crippen LogP contribution is -2.52. The Balaban J connectivity index is 1.50. The summed E-state index contributed by atoms with van der Waals surface area (Å²) < 4.78 is 29.7. The third kappa shape index (κ3) is 7.03. The first-order chi connectivity index (χ1) is 21.3. The van der Waals surface area contributed by atoms with Crippen LogP contribution in [0, 0.1) is 5.41 Å². The van der Waals surface area contributed by atoms with Gasteiger partial charge in [0, 0.05) is 35.3 Å². The van der Waals surface area contributed by atoms with Gasteiger partial charge in [-0.25, -0.2) is 4.98 Å². The largest absolute Gasteiger partial charge is 0.497 e. The number of benzene rings is 2. The lowest BCUT2D eigenvalue weighted by atomic mass is 9.63. The van der Waals surface area contributed by atoms with E-state index in [9.17, 15) is 23.9 Å². The van der Waals surface area contributed by atoms with E-state index >= 15 is 0 Å². The third-order valence-electron chi connectivity index (χ3n) is 8.57. The molecule has 2 amide bonds. The van der Waals surface area contributed by atoms with Crippen molar-refractivity contribution in [2.24, 2.45) is 11.1 Å². The number of rotatable bonds is 11. The van der Waals surface area contributed by atoms with E-state index < -0.39 is 42.2 Å². The van der Waals surface area contributed by atoms with Crippen molar-refractivity contribution in [3.8, 4) is 22.8 Å². The van der Waals surface area contributed by atoms with Crippen LogP contribution >= 0.6 is 7.60 Å². The fourth-order valence-electron chi connectivity index (χ4n) is 5.71. The maximum absolute atomic E-state index is 14.1. The van der Waals surface area contributed by atoms with E-state index in [1.807, 2.05) is 75.4 Å². The first-order valence-corrected chi connectivity index (χ1v) is 16.5. The average molecular weight is 638 g/mol. The van der Waals surface area contributed by atoms with Gasteiger partial charge in [-0.1, -0.05) is 51.1 Å². The van der Waals surface area contributed by atoms with Gasteiger partial charge in [-0.15, -0.1) is 0 Å². The Labute approximate surface area is 263 Å². The minimum absolute atomic E-state index is 0.0544. The summed E-state index contributed by atoms with van der Waals surface area (Å²) in [4.78, 5) is 53.9. The van der Waals surface area contributed by atoms with Crippen LogP contribution in [-0.2, 0) is 18.8 Å². The molecule has 5 N–H and O–H groups in total. The highest BCUT2D eigenvalue weighted by molar-refractivity contribution is 7.54. The summed E-state index contributed by atoms with van der Waals surface area (Å²) >= 11 is 0. The summed E-state index contributed by atoms with van der Waals surface area (Å²) in [7, 11) is -2.98. The van der Waals surface area contributed by atoms with Crippen LogP contribution < -0.4 is 20.5 Å². The molecule has 14 heteroatoms. The Morgan fingerprint density at radius 3 is 2.49 bits per heavy atom. The molecule has 2 aromatic carbocycles. The molecule has 1 aromatic heterocycles. The molecular formula is C31H40BN4O8P. The molecule has 0 unspecified atom stereocenters. The highest BCUT2D eigenvalue weighted by atomic mass is 31.2. The smallest absolute Gasteiger partial charge is 0.350 e. The van der Waals surface area contributed by atoms with Gasteiger partial charge < -0.3 is 39.9 Å². The van der Waals surface area contributed by atoms with E-state index in [0.29, 0.717) is 22.7 Å². The van der Waals surface area contributed by atoms with Gasteiger partial charge >= 0.3 is 7.60 Å². The molecular weight excluding hydrogens is 598 g/mol. The number of likely N-dealkylation sites (tertiary alicyclic amines) is 1. The topological polar surface area (TPSA) is 174 Å². The second-order valence-corrected chi connectivity index (χ2v) is 14.7. The predicted molar refractivity (Wildman–Crippen MR) is 171 cm³/mol. The Bertz CT molecular complexity index is 1610. The second-order valence-electron chi connectivity index (χ2n) is 12.8. The Hall–Kier alpha value is -3.48. The van der Waals surface area contributed by atoms with Gasteiger partial charge in [0.25, 0.3) is 7.48 Å². The average Bonchev–Trinajstić information content (AvgIpc) is 3.67. The highest BCUT2D eigenvalue weighted by Crippen LogP contribution is 2.63. The number of nitrogens with two attached hydrogens (primary N) is 1. The molecule has 1 saturated heterocycles. The van der Waals surface area contributed by atoms with Crippen LogP contribution in [0.3, 0.4) is 0 Å². The molecule has 0 spiro atoms. The van der Waals surface area contributed by atoms with Gasteiger partial charge in [-0.2, -0.15) is 0 Å². The summed E-state index contributed by atoms with van der Waals surface area (Å²) in [5.41, 5.74) is 7.25. The summed E-state index contributed by atoms with van der Waals surface area (Å²) in [6.07, 6.45) is -0.174. The Kier molecular flexibility index (Phi) is 9.31. The van der Waals surface area contributed by atoms with Crippen molar-refractivity contribution in [2.45, 2.75) is 63.3 Å². The van der Waals surface area contributed by atoms with Gasteiger partial charge in [-0.05, 0) is 30.4 Å². The van der Waals surface area contributed by atoms with Crippen molar-refractivity contribution >= 4 is 37.8 Å². The monoisotopic (exact) mass is 638 g/mol. The molecule has 12 nitrogen and oxygen atoms in total. The summed E-state index contributed by atoms with van der Waals surface area (Å²) in [6, 6.07) is 15.9. The van der Waals surface area contributed by atoms with Gasteiger partial charge in [0.2, 0.25) is 11.8 Å². The number of aromatic nitrogens is 1. The molecule has 2 fully saturated rings. The summed E-state index contributed by atoms with van der Waals surface area (Å²) in [6.45, 7) is 5.73. The van der Waals surface area contributed by atoms with E-state index in [2.05, 4.69) is 5.32 Å². The fraction of sp³-hybridized carbons (Fsp3) is 0.452. The minimum Gasteiger partial charge on any atom is -0.497 e. The lowest BCUT2D eigenvalue weighted by molar-refractivity contribution is -0.140. The second kappa shape index (κ2) is 12.7. The zero-order valence-electron chi connectivity index (χ0n) is 25.9. The molecule has 1 aliphatic heterocycles. The van der Waals surface area contributed by atoms with Crippen molar-refractivity contribution in [1.29, 1.82) is 0 Å². The predicted octanol–water partition coefficient (Wildman–Crippen LogP) is 3.16. The van der Waals surface area contributed by atoms with Crippen molar-refractivity contribution in [3.63, 3.8) is 0 Å². The molecule has 1 aliphatic carbocycles. The quantitative estimate of drug-likeness (QED) is 0.139. The van der Waals surface area contributed by atoms with Crippen LogP contribution in [0.1, 0.15) is 40.0 Å². The molecule has 2 aliphatic rings. The standard InChI is InChI=1S/C31H40BN4O8P/c1-30(2,3)27(32-43-18-33)29(38)36-17-21(15-25(36)28(37)35-31(12-13-31)45(39,40)41)44-26-16-23(19-8-6-5-7-9-19)34-24-14-20(42-4)10-11-22(24)26/h5-11,14,16,21,25,27,32H,12-13,15,17-18,33H2,1-4H3,(H,35,37)(H2,39,40,41)/t21-,25+,27-/m1/s1. The molecule has 2 heterocycles. The number of fused-ring (bicyclic) bond motifs is 1.